The molecule has 0 saturated carbocycles. The molecule has 3 heterocycles. The molecule has 3 aromatic heterocycles. The fourth-order valence-corrected chi connectivity index (χ4v) is 2.20. The number of hydrogen-bond acceptors (Lipinski definition) is 5. The molecule has 0 spiro atoms. The van der Waals surface area contributed by atoms with Gasteiger partial charge >= 0.3 is 0 Å². The number of nitrogens with one attached hydrogen (secondary N) is 1. The Kier molecular flexibility index (Phi) is 4.90. The highest BCUT2D eigenvalue weighted by Gasteiger charge is 2.12. The molecule has 0 aliphatic heterocycles. The SMILES string of the molecule is Cc1ccc(Oc2cc(C)nc(C(=O)Nc3ccc(Cl)cn3)c2)cn1. The smallest absolute Gasteiger partial charge is 0.275 e. The average molecular weight is 355 g/mol. The Labute approximate surface area is 149 Å². The van der Waals surface area contributed by atoms with Crippen LogP contribution in [0.5, 0.6) is 11.5 Å². The fourth-order valence-electron chi connectivity index (χ4n) is 2.09. The second kappa shape index (κ2) is 7.27. The van der Waals surface area contributed by atoms with Crippen LogP contribution in [0.4, 0.5) is 5.82 Å². The lowest BCUT2D eigenvalue weighted by atomic mass is 10.2. The molecule has 0 atom stereocenters. The van der Waals surface area contributed by atoms with Gasteiger partial charge in [0.15, 0.2) is 0 Å². The predicted molar refractivity (Wildman–Crippen MR) is 95.2 cm³/mol. The van der Waals surface area contributed by atoms with Crippen LogP contribution in [0.2, 0.25) is 5.02 Å². The summed E-state index contributed by atoms with van der Waals surface area (Å²) in [4.78, 5) is 24.8. The molecule has 0 aliphatic carbocycles. The number of carbonyl (C=O) groups is 1. The molecule has 1 N–H and O–H groups in total. The zero-order valence-corrected chi connectivity index (χ0v) is 14.4. The van der Waals surface area contributed by atoms with E-state index in [1.54, 1.807) is 37.4 Å². The van der Waals surface area contributed by atoms with E-state index in [0.29, 0.717) is 28.0 Å². The topological polar surface area (TPSA) is 77.0 Å². The van der Waals surface area contributed by atoms with E-state index < -0.39 is 0 Å². The molecule has 6 nitrogen and oxygen atoms in total. The first-order chi connectivity index (χ1) is 12.0. The summed E-state index contributed by atoms with van der Waals surface area (Å²) in [7, 11) is 0. The molecule has 0 saturated heterocycles. The van der Waals surface area contributed by atoms with E-state index in [2.05, 4.69) is 20.3 Å². The molecule has 0 aliphatic rings. The lowest BCUT2D eigenvalue weighted by Crippen LogP contribution is -2.15. The Balaban J connectivity index is 1.79. The van der Waals surface area contributed by atoms with Crippen LogP contribution < -0.4 is 10.1 Å². The van der Waals surface area contributed by atoms with Gasteiger partial charge in [0.2, 0.25) is 0 Å². The van der Waals surface area contributed by atoms with Gasteiger partial charge in [-0.1, -0.05) is 11.6 Å². The summed E-state index contributed by atoms with van der Waals surface area (Å²) in [6.07, 6.45) is 3.09. The number of aromatic nitrogens is 3. The fraction of sp³-hybridized carbons (Fsp3) is 0.111. The van der Waals surface area contributed by atoms with E-state index in [1.165, 1.54) is 6.20 Å². The number of rotatable bonds is 4. The molecule has 126 valence electrons. The van der Waals surface area contributed by atoms with Crippen molar-refractivity contribution in [2.24, 2.45) is 0 Å². The van der Waals surface area contributed by atoms with Gasteiger partial charge in [-0.3, -0.25) is 9.78 Å². The second-order valence-electron chi connectivity index (χ2n) is 5.38. The van der Waals surface area contributed by atoms with Crippen molar-refractivity contribution < 1.29 is 9.53 Å². The Morgan fingerprint density at radius 2 is 1.84 bits per heavy atom. The van der Waals surface area contributed by atoms with Gasteiger partial charge in [-0.25, -0.2) is 9.97 Å². The Morgan fingerprint density at radius 3 is 2.52 bits per heavy atom. The van der Waals surface area contributed by atoms with Crippen LogP contribution in [0.15, 0.2) is 48.8 Å². The molecule has 1 amide bonds. The zero-order chi connectivity index (χ0) is 17.8. The van der Waals surface area contributed by atoms with E-state index in [4.69, 9.17) is 16.3 Å². The van der Waals surface area contributed by atoms with Crippen LogP contribution in [-0.4, -0.2) is 20.9 Å². The summed E-state index contributed by atoms with van der Waals surface area (Å²) in [5.74, 6) is 1.10. The Hall–Kier alpha value is -2.99. The largest absolute Gasteiger partial charge is 0.456 e. The number of nitrogens with zero attached hydrogens (tertiary/aromatic N) is 3. The molecule has 25 heavy (non-hydrogen) atoms. The summed E-state index contributed by atoms with van der Waals surface area (Å²) in [5, 5.41) is 3.17. The van der Waals surface area contributed by atoms with Gasteiger partial charge in [0, 0.05) is 29.7 Å². The number of pyridine rings is 3. The maximum atomic E-state index is 12.4. The minimum Gasteiger partial charge on any atom is -0.456 e. The first-order valence-electron chi connectivity index (χ1n) is 7.52. The second-order valence-corrected chi connectivity index (χ2v) is 5.82. The van der Waals surface area contributed by atoms with Gasteiger partial charge in [-0.2, -0.15) is 0 Å². The van der Waals surface area contributed by atoms with E-state index >= 15 is 0 Å². The monoisotopic (exact) mass is 354 g/mol. The number of ether oxygens (including phenoxy) is 1. The highest BCUT2D eigenvalue weighted by atomic mass is 35.5. The van der Waals surface area contributed by atoms with Crippen molar-refractivity contribution in [1.82, 2.24) is 15.0 Å². The number of halogens is 1. The maximum Gasteiger partial charge on any atom is 0.275 e. The van der Waals surface area contributed by atoms with E-state index in [1.807, 2.05) is 19.1 Å². The van der Waals surface area contributed by atoms with Crippen LogP contribution >= 0.6 is 11.6 Å². The van der Waals surface area contributed by atoms with Gasteiger partial charge in [0.1, 0.15) is 23.0 Å². The normalized spacial score (nSPS) is 10.4. The third-order valence-corrected chi connectivity index (χ3v) is 3.47. The first kappa shape index (κ1) is 16.9. The summed E-state index contributed by atoms with van der Waals surface area (Å²) in [5.41, 5.74) is 1.78. The molecule has 0 unspecified atom stereocenters. The van der Waals surface area contributed by atoms with Gasteiger partial charge in [0.25, 0.3) is 5.91 Å². The number of amides is 1. The first-order valence-corrected chi connectivity index (χ1v) is 7.89. The predicted octanol–water partition coefficient (Wildman–Crippen LogP) is 4.19. The molecule has 0 aromatic carbocycles. The van der Waals surface area contributed by atoms with Crippen molar-refractivity contribution in [3.63, 3.8) is 0 Å². The average Bonchev–Trinajstić information content (AvgIpc) is 2.58. The quantitative estimate of drug-likeness (QED) is 0.760. The minimum absolute atomic E-state index is 0.229. The van der Waals surface area contributed by atoms with Crippen molar-refractivity contribution in [3.05, 3.63) is 70.9 Å². The minimum atomic E-state index is -0.384. The molecule has 0 bridgehead atoms. The van der Waals surface area contributed by atoms with Crippen molar-refractivity contribution in [2.75, 3.05) is 5.32 Å². The molecular formula is C18H15ClN4O2. The summed E-state index contributed by atoms with van der Waals surface area (Å²) < 4.78 is 5.76. The molecule has 0 radical (unpaired) electrons. The third kappa shape index (κ3) is 4.51. The lowest BCUT2D eigenvalue weighted by molar-refractivity contribution is 0.102. The van der Waals surface area contributed by atoms with Crippen molar-refractivity contribution >= 4 is 23.3 Å². The maximum absolute atomic E-state index is 12.4. The summed E-state index contributed by atoms with van der Waals surface area (Å²) >= 11 is 5.78. The number of anilines is 1. The summed E-state index contributed by atoms with van der Waals surface area (Å²) in [6.45, 7) is 3.69. The van der Waals surface area contributed by atoms with Crippen molar-refractivity contribution in [2.45, 2.75) is 13.8 Å². The van der Waals surface area contributed by atoms with Crippen LogP contribution in [-0.2, 0) is 0 Å². The standard InChI is InChI=1S/C18H15ClN4O2/c1-11-3-5-14(10-20-11)25-15-7-12(2)22-16(8-15)18(24)23-17-6-4-13(19)9-21-17/h3-10H,1-2H3,(H,21,23,24). The molecule has 0 fully saturated rings. The van der Waals surface area contributed by atoms with Crippen LogP contribution in [0.25, 0.3) is 0 Å². The van der Waals surface area contributed by atoms with Crippen LogP contribution in [0, 0.1) is 13.8 Å². The number of hydrogen-bond donors (Lipinski definition) is 1. The molecule has 3 aromatic rings. The lowest BCUT2D eigenvalue weighted by Gasteiger charge is -2.09. The van der Waals surface area contributed by atoms with Crippen LogP contribution in [0.1, 0.15) is 21.9 Å². The van der Waals surface area contributed by atoms with Crippen LogP contribution in [0.3, 0.4) is 0 Å². The Bertz CT molecular complexity index is 896. The van der Waals surface area contributed by atoms with E-state index in [-0.39, 0.29) is 11.6 Å². The van der Waals surface area contributed by atoms with Crippen molar-refractivity contribution in [1.29, 1.82) is 0 Å². The molecule has 7 heteroatoms. The molecular weight excluding hydrogens is 340 g/mol. The van der Waals surface area contributed by atoms with Gasteiger partial charge in [0.05, 0.1) is 11.2 Å². The highest BCUT2D eigenvalue weighted by Crippen LogP contribution is 2.22. The van der Waals surface area contributed by atoms with Gasteiger partial charge in [-0.15, -0.1) is 0 Å². The molecule has 3 rings (SSSR count). The Morgan fingerprint density at radius 1 is 1.00 bits per heavy atom. The summed E-state index contributed by atoms with van der Waals surface area (Å²) in [6, 6.07) is 10.2. The van der Waals surface area contributed by atoms with E-state index in [0.717, 1.165) is 5.69 Å². The highest BCUT2D eigenvalue weighted by molar-refractivity contribution is 6.30. The number of carbonyl (C=O) groups excluding carboxylic acids is 1. The van der Waals surface area contributed by atoms with Crippen molar-refractivity contribution in [3.8, 4) is 11.5 Å². The van der Waals surface area contributed by atoms with Gasteiger partial charge < -0.3 is 10.1 Å². The third-order valence-electron chi connectivity index (χ3n) is 3.25. The number of aryl methyl sites for hydroxylation is 2. The van der Waals surface area contributed by atoms with Gasteiger partial charge in [-0.05, 0) is 38.1 Å². The zero-order valence-electron chi connectivity index (χ0n) is 13.7. The van der Waals surface area contributed by atoms with E-state index in [9.17, 15) is 4.79 Å².